The van der Waals surface area contributed by atoms with Crippen LogP contribution in [0.5, 0.6) is 5.75 Å². The smallest absolute Gasteiger partial charge is 0.121 e. The molecule has 112 valence electrons. The van der Waals surface area contributed by atoms with Crippen molar-refractivity contribution in [2.75, 3.05) is 19.0 Å². The number of nitrogens with one attached hydrogen (secondary N) is 2. The highest BCUT2D eigenvalue weighted by atomic mass is 16.5. The second kappa shape index (κ2) is 7.47. The molecule has 0 aliphatic heterocycles. The first-order chi connectivity index (χ1) is 10.2. The molecule has 0 atom stereocenters. The van der Waals surface area contributed by atoms with Crippen molar-refractivity contribution in [1.82, 2.24) is 4.98 Å². The fraction of sp³-hybridized carbons (Fsp3) is 0.375. The van der Waals surface area contributed by atoms with Crippen molar-refractivity contribution < 1.29 is 4.74 Å². The number of methoxy groups -OCH3 is 1. The number of aromatic nitrogens is 1. The van der Waals surface area contributed by atoms with Gasteiger partial charge < -0.3 is 15.8 Å². The van der Waals surface area contributed by atoms with Gasteiger partial charge in [0.25, 0.3) is 0 Å². The average molecular weight is 286 g/mol. The van der Waals surface area contributed by atoms with Gasteiger partial charge in [-0.05, 0) is 25.0 Å². The molecule has 1 aromatic heterocycles. The molecule has 1 aromatic carbocycles. The minimum Gasteiger partial charge on any atom is -0.497 e. The standard InChI is InChI=1S/C16H22N4O/c1-21-13-10-12-6-5-9-20-16(12)14(11-13)19-8-4-2-3-7-15(17)18/h5-6,9-11,19H,2-4,7-8H2,1H3,(H3,17,18). The number of hydrogen-bond acceptors (Lipinski definition) is 4. The Bertz CT molecular complexity index is 612. The summed E-state index contributed by atoms with van der Waals surface area (Å²) in [6.45, 7) is 0.872. The topological polar surface area (TPSA) is 84.0 Å². The summed E-state index contributed by atoms with van der Waals surface area (Å²) in [5, 5.41) is 11.7. The number of fused-ring (bicyclic) bond motifs is 1. The maximum Gasteiger partial charge on any atom is 0.121 e. The summed E-state index contributed by atoms with van der Waals surface area (Å²) >= 11 is 0. The van der Waals surface area contributed by atoms with E-state index in [2.05, 4.69) is 10.3 Å². The van der Waals surface area contributed by atoms with Gasteiger partial charge in [0.15, 0.2) is 0 Å². The number of hydrogen-bond donors (Lipinski definition) is 3. The fourth-order valence-electron chi connectivity index (χ4n) is 2.26. The molecule has 1 heterocycles. The average Bonchev–Trinajstić information content (AvgIpc) is 2.50. The molecule has 21 heavy (non-hydrogen) atoms. The quantitative estimate of drug-likeness (QED) is 0.395. The zero-order chi connectivity index (χ0) is 15.1. The molecule has 0 amide bonds. The van der Waals surface area contributed by atoms with E-state index in [1.165, 1.54) is 0 Å². The first kappa shape index (κ1) is 15.1. The minimum absolute atomic E-state index is 0.269. The number of pyridine rings is 1. The van der Waals surface area contributed by atoms with Crippen molar-refractivity contribution in [2.45, 2.75) is 25.7 Å². The van der Waals surface area contributed by atoms with Crippen LogP contribution in [-0.2, 0) is 0 Å². The van der Waals surface area contributed by atoms with Crippen LogP contribution in [0.1, 0.15) is 25.7 Å². The maximum atomic E-state index is 7.18. The van der Waals surface area contributed by atoms with Crippen LogP contribution in [0, 0.1) is 5.41 Å². The van der Waals surface area contributed by atoms with Gasteiger partial charge in [-0.3, -0.25) is 10.4 Å². The Hall–Kier alpha value is -2.30. The molecule has 5 heteroatoms. The molecule has 5 nitrogen and oxygen atoms in total. The van der Waals surface area contributed by atoms with Gasteiger partial charge in [0, 0.05) is 30.6 Å². The number of nitrogens with two attached hydrogens (primary N) is 1. The van der Waals surface area contributed by atoms with Crippen LogP contribution in [0.2, 0.25) is 0 Å². The number of amidine groups is 1. The number of benzene rings is 1. The van der Waals surface area contributed by atoms with E-state index in [0.717, 1.165) is 48.1 Å². The lowest BCUT2D eigenvalue weighted by molar-refractivity contribution is 0.415. The van der Waals surface area contributed by atoms with Crippen molar-refractivity contribution in [1.29, 1.82) is 5.41 Å². The minimum atomic E-state index is 0.269. The fourth-order valence-corrected chi connectivity index (χ4v) is 2.26. The highest BCUT2D eigenvalue weighted by Crippen LogP contribution is 2.27. The lowest BCUT2D eigenvalue weighted by atomic mass is 10.1. The third kappa shape index (κ3) is 4.34. The SMILES string of the molecule is COc1cc(NCCCCCC(=N)N)c2ncccc2c1. The molecule has 2 rings (SSSR count). The number of nitrogens with zero attached hydrogens (tertiary/aromatic N) is 1. The van der Waals surface area contributed by atoms with Crippen molar-refractivity contribution >= 4 is 22.4 Å². The van der Waals surface area contributed by atoms with E-state index in [1.807, 2.05) is 24.3 Å². The van der Waals surface area contributed by atoms with E-state index in [1.54, 1.807) is 13.3 Å². The second-order valence-electron chi connectivity index (χ2n) is 5.01. The van der Waals surface area contributed by atoms with E-state index in [9.17, 15) is 0 Å². The monoisotopic (exact) mass is 286 g/mol. The van der Waals surface area contributed by atoms with Crippen LogP contribution < -0.4 is 15.8 Å². The lowest BCUT2D eigenvalue weighted by Crippen LogP contribution is -2.09. The van der Waals surface area contributed by atoms with E-state index in [-0.39, 0.29) is 5.84 Å². The molecular formula is C16H22N4O. The molecule has 0 saturated heterocycles. The summed E-state index contributed by atoms with van der Waals surface area (Å²) in [5.41, 5.74) is 7.29. The Morgan fingerprint density at radius 1 is 1.33 bits per heavy atom. The highest BCUT2D eigenvalue weighted by molar-refractivity contribution is 5.91. The molecule has 0 radical (unpaired) electrons. The Morgan fingerprint density at radius 2 is 2.19 bits per heavy atom. The zero-order valence-electron chi connectivity index (χ0n) is 12.4. The molecule has 0 aliphatic rings. The third-order valence-corrected chi connectivity index (χ3v) is 3.35. The van der Waals surface area contributed by atoms with Gasteiger partial charge in [-0.1, -0.05) is 12.5 Å². The van der Waals surface area contributed by atoms with Gasteiger partial charge in [0.1, 0.15) is 5.75 Å². The molecule has 0 fully saturated rings. The Balaban J connectivity index is 1.96. The van der Waals surface area contributed by atoms with E-state index < -0.39 is 0 Å². The first-order valence-electron chi connectivity index (χ1n) is 7.20. The van der Waals surface area contributed by atoms with Crippen molar-refractivity contribution in [2.24, 2.45) is 5.73 Å². The Morgan fingerprint density at radius 3 is 2.95 bits per heavy atom. The van der Waals surface area contributed by atoms with Crippen LogP contribution in [0.4, 0.5) is 5.69 Å². The summed E-state index contributed by atoms with van der Waals surface area (Å²) < 4.78 is 5.33. The lowest BCUT2D eigenvalue weighted by Gasteiger charge is -2.11. The van der Waals surface area contributed by atoms with Crippen molar-refractivity contribution in [3.8, 4) is 5.75 Å². The summed E-state index contributed by atoms with van der Waals surface area (Å²) in [4.78, 5) is 4.43. The number of anilines is 1. The van der Waals surface area contributed by atoms with Gasteiger partial charge in [-0.2, -0.15) is 0 Å². The normalized spacial score (nSPS) is 10.5. The van der Waals surface area contributed by atoms with Gasteiger partial charge in [-0.15, -0.1) is 0 Å². The molecule has 0 saturated carbocycles. The van der Waals surface area contributed by atoms with Crippen molar-refractivity contribution in [3.05, 3.63) is 30.5 Å². The molecule has 0 spiro atoms. The predicted molar refractivity (Wildman–Crippen MR) is 87.2 cm³/mol. The number of rotatable bonds is 8. The van der Waals surface area contributed by atoms with Gasteiger partial charge in [0.05, 0.1) is 24.1 Å². The van der Waals surface area contributed by atoms with Crippen LogP contribution in [0.25, 0.3) is 10.9 Å². The van der Waals surface area contributed by atoms with E-state index >= 15 is 0 Å². The summed E-state index contributed by atoms with van der Waals surface area (Å²) in [6.07, 6.45) is 5.55. The predicted octanol–water partition coefficient (Wildman–Crippen LogP) is 3.15. The second-order valence-corrected chi connectivity index (χ2v) is 5.01. The van der Waals surface area contributed by atoms with Gasteiger partial charge in [0.2, 0.25) is 0 Å². The van der Waals surface area contributed by atoms with Crippen LogP contribution in [0.3, 0.4) is 0 Å². The van der Waals surface area contributed by atoms with Crippen LogP contribution >= 0.6 is 0 Å². The molecule has 0 bridgehead atoms. The summed E-state index contributed by atoms with van der Waals surface area (Å²) in [5.74, 6) is 1.10. The summed E-state index contributed by atoms with van der Waals surface area (Å²) in [6, 6.07) is 7.92. The van der Waals surface area contributed by atoms with E-state index in [0.29, 0.717) is 6.42 Å². The Labute approximate surface area is 125 Å². The highest BCUT2D eigenvalue weighted by Gasteiger charge is 2.05. The number of ether oxygens (including phenoxy) is 1. The first-order valence-corrected chi connectivity index (χ1v) is 7.20. The number of unbranched alkanes of at least 4 members (excludes halogenated alkanes) is 2. The van der Waals surface area contributed by atoms with Crippen molar-refractivity contribution in [3.63, 3.8) is 0 Å². The van der Waals surface area contributed by atoms with Crippen LogP contribution in [-0.4, -0.2) is 24.5 Å². The summed E-state index contributed by atoms with van der Waals surface area (Å²) in [7, 11) is 1.67. The van der Waals surface area contributed by atoms with E-state index in [4.69, 9.17) is 15.9 Å². The molecular weight excluding hydrogens is 264 g/mol. The third-order valence-electron chi connectivity index (χ3n) is 3.35. The molecule has 2 aromatic rings. The zero-order valence-corrected chi connectivity index (χ0v) is 12.4. The molecule has 4 N–H and O–H groups in total. The van der Waals surface area contributed by atoms with Crippen LogP contribution in [0.15, 0.2) is 30.5 Å². The van der Waals surface area contributed by atoms with Gasteiger partial charge >= 0.3 is 0 Å². The Kier molecular flexibility index (Phi) is 5.37. The largest absolute Gasteiger partial charge is 0.497 e. The molecule has 0 aliphatic carbocycles. The van der Waals surface area contributed by atoms with Gasteiger partial charge in [-0.25, -0.2) is 0 Å². The maximum absolute atomic E-state index is 7.18. The molecule has 0 unspecified atom stereocenters.